The number of unbranched alkanes of at least 4 members (excludes halogenated alkanes) is 2. The van der Waals surface area contributed by atoms with Crippen molar-refractivity contribution in [3.8, 4) is 6.07 Å². The lowest BCUT2D eigenvalue weighted by Crippen LogP contribution is -1.96. The smallest absolute Gasteiger partial charge is 0.0991 e. The van der Waals surface area contributed by atoms with E-state index in [0.717, 1.165) is 49.7 Å². The number of nitrogens with one attached hydrogen (secondary N) is 1. The largest absolute Gasteiger partial charge is 0.300 e. The van der Waals surface area contributed by atoms with E-state index < -0.39 is 0 Å². The van der Waals surface area contributed by atoms with Crippen LogP contribution < -0.4 is 5.73 Å². The molecule has 1 radical (unpaired) electrons. The highest BCUT2D eigenvalue weighted by Crippen LogP contribution is 2.25. The molecular formula is C15H21N2. The van der Waals surface area contributed by atoms with E-state index in [4.69, 9.17) is 11.0 Å². The van der Waals surface area contributed by atoms with Crippen LogP contribution in [-0.4, -0.2) is 0 Å². The van der Waals surface area contributed by atoms with Gasteiger partial charge in [-0.15, -0.1) is 0 Å². The molecule has 0 spiro atoms. The Morgan fingerprint density at radius 2 is 1.53 bits per heavy atom. The fourth-order valence-electron chi connectivity index (χ4n) is 1.96. The average molecular weight is 229 g/mol. The third kappa shape index (κ3) is 3.78. The second-order valence-corrected chi connectivity index (χ2v) is 4.49. The van der Waals surface area contributed by atoms with E-state index in [0.29, 0.717) is 11.3 Å². The van der Waals surface area contributed by atoms with Gasteiger partial charge in [-0.25, -0.2) is 0 Å². The first kappa shape index (κ1) is 13.6. The molecule has 0 bridgehead atoms. The monoisotopic (exact) mass is 229 g/mol. The molecule has 0 aliphatic rings. The summed E-state index contributed by atoms with van der Waals surface area (Å²) >= 11 is 0. The molecule has 0 heterocycles. The SMILES string of the molecule is CCCCc1cc(C#N)cc(CCCC)c1[NH]. The molecule has 2 heteroatoms. The Bertz CT molecular complexity index is 373. The highest BCUT2D eigenvalue weighted by atomic mass is 14.6. The lowest BCUT2D eigenvalue weighted by atomic mass is 9.96. The van der Waals surface area contributed by atoms with Crippen LogP contribution in [0.1, 0.15) is 56.2 Å². The molecule has 2 nitrogen and oxygen atoms in total. The maximum absolute atomic E-state index is 9.02. The molecule has 0 fully saturated rings. The molecule has 1 N–H and O–H groups in total. The van der Waals surface area contributed by atoms with Gasteiger partial charge in [0, 0.05) is 0 Å². The Labute approximate surface area is 104 Å². The van der Waals surface area contributed by atoms with Crippen molar-refractivity contribution in [1.82, 2.24) is 5.73 Å². The molecule has 0 saturated carbocycles. The number of benzene rings is 1. The maximum Gasteiger partial charge on any atom is 0.0991 e. The summed E-state index contributed by atoms with van der Waals surface area (Å²) in [6.45, 7) is 4.30. The summed E-state index contributed by atoms with van der Waals surface area (Å²) in [7, 11) is 0. The minimum Gasteiger partial charge on any atom is -0.300 e. The first-order chi connectivity index (χ1) is 8.22. The van der Waals surface area contributed by atoms with E-state index in [1.807, 2.05) is 12.1 Å². The number of aryl methyl sites for hydroxylation is 2. The molecular weight excluding hydrogens is 208 g/mol. The molecule has 1 aromatic carbocycles. The highest BCUT2D eigenvalue weighted by molar-refractivity contribution is 5.55. The fourth-order valence-corrected chi connectivity index (χ4v) is 1.96. The van der Waals surface area contributed by atoms with Gasteiger partial charge in [0.2, 0.25) is 0 Å². The van der Waals surface area contributed by atoms with E-state index in [1.54, 1.807) is 0 Å². The van der Waals surface area contributed by atoms with Crippen LogP contribution in [0.25, 0.3) is 0 Å². The molecule has 1 aromatic rings. The van der Waals surface area contributed by atoms with Crippen molar-refractivity contribution in [3.63, 3.8) is 0 Å². The van der Waals surface area contributed by atoms with E-state index in [-0.39, 0.29) is 0 Å². The molecule has 0 aromatic heterocycles. The Balaban J connectivity index is 2.99. The van der Waals surface area contributed by atoms with Gasteiger partial charge < -0.3 is 5.73 Å². The molecule has 17 heavy (non-hydrogen) atoms. The molecule has 0 atom stereocenters. The quantitative estimate of drug-likeness (QED) is 0.722. The van der Waals surface area contributed by atoms with Crippen molar-refractivity contribution in [2.45, 2.75) is 52.4 Å². The zero-order valence-electron chi connectivity index (χ0n) is 10.8. The third-order valence-corrected chi connectivity index (χ3v) is 3.03. The van der Waals surface area contributed by atoms with Crippen LogP contribution in [0.2, 0.25) is 0 Å². The fraction of sp³-hybridized carbons (Fsp3) is 0.533. The van der Waals surface area contributed by atoms with Gasteiger partial charge in [-0.3, -0.25) is 0 Å². The van der Waals surface area contributed by atoms with E-state index >= 15 is 0 Å². The van der Waals surface area contributed by atoms with E-state index in [9.17, 15) is 0 Å². The van der Waals surface area contributed by atoms with Crippen LogP contribution in [0.4, 0.5) is 5.69 Å². The van der Waals surface area contributed by atoms with Crippen molar-refractivity contribution in [2.24, 2.45) is 0 Å². The maximum atomic E-state index is 9.02. The zero-order valence-corrected chi connectivity index (χ0v) is 10.8. The van der Waals surface area contributed by atoms with Crippen molar-refractivity contribution in [1.29, 1.82) is 5.26 Å². The van der Waals surface area contributed by atoms with Gasteiger partial charge in [-0.1, -0.05) is 26.7 Å². The second-order valence-electron chi connectivity index (χ2n) is 4.49. The number of hydrogen-bond acceptors (Lipinski definition) is 1. The summed E-state index contributed by atoms with van der Waals surface area (Å²) in [4.78, 5) is 0. The van der Waals surface area contributed by atoms with Crippen LogP contribution >= 0.6 is 0 Å². The lowest BCUT2D eigenvalue weighted by molar-refractivity contribution is 0.780. The molecule has 0 saturated heterocycles. The summed E-state index contributed by atoms with van der Waals surface area (Å²) in [5.41, 5.74) is 11.6. The topological polar surface area (TPSA) is 47.6 Å². The van der Waals surface area contributed by atoms with Gasteiger partial charge >= 0.3 is 0 Å². The lowest BCUT2D eigenvalue weighted by Gasteiger charge is -2.10. The second kappa shape index (κ2) is 6.96. The van der Waals surface area contributed by atoms with Crippen molar-refractivity contribution >= 4 is 5.69 Å². The highest BCUT2D eigenvalue weighted by Gasteiger charge is 2.08. The minimum absolute atomic E-state index is 0.658. The van der Waals surface area contributed by atoms with E-state index in [1.165, 1.54) is 0 Å². The predicted molar refractivity (Wildman–Crippen MR) is 71.1 cm³/mol. The molecule has 0 aliphatic heterocycles. The minimum atomic E-state index is 0.658. The van der Waals surface area contributed by atoms with Crippen molar-refractivity contribution in [3.05, 3.63) is 28.8 Å². The molecule has 0 amide bonds. The number of nitriles is 1. The van der Waals surface area contributed by atoms with Crippen LogP contribution in [0.5, 0.6) is 0 Å². The number of rotatable bonds is 6. The molecule has 1 rings (SSSR count). The normalized spacial score (nSPS) is 10.2. The summed E-state index contributed by atoms with van der Waals surface area (Å²) in [5.74, 6) is 0. The van der Waals surface area contributed by atoms with Crippen molar-refractivity contribution in [2.75, 3.05) is 0 Å². The molecule has 0 unspecified atom stereocenters. The summed E-state index contributed by atoms with van der Waals surface area (Å²) in [6.07, 6.45) is 6.27. The summed E-state index contributed by atoms with van der Waals surface area (Å²) in [6, 6.07) is 5.97. The Morgan fingerprint density at radius 3 is 1.88 bits per heavy atom. The zero-order chi connectivity index (χ0) is 12.7. The van der Waals surface area contributed by atoms with Crippen LogP contribution in [0, 0.1) is 11.3 Å². The van der Waals surface area contributed by atoms with Crippen molar-refractivity contribution < 1.29 is 0 Å². The first-order valence-corrected chi connectivity index (χ1v) is 6.50. The van der Waals surface area contributed by atoms with Gasteiger partial charge in [0.05, 0.1) is 17.3 Å². The van der Waals surface area contributed by atoms with E-state index in [2.05, 4.69) is 19.9 Å². The molecule has 0 aliphatic carbocycles. The number of hydrogen-bond donors (Lipinski definition) is 0. The summed E-state index contributed by atoms with van der Waals surface area (Å²) < 4.78 is 0. The van der Waals surface area contributed by atoms with Gasteiger partial charge in [-0.2, -0.15) is 5.26 Å². The van der Waals surface area contributed by atoms with Crippen LogP contribution in [0.3, 0.4) is 0 Å². The van der Waals surface area contributed by atoms with Gasteiger partial charge in [0.15, 0.2) is 0 Å². The third-order valence-electron chi connectivity index (χ3n) is 3.03. The first-order valence-electron chi connectivity index (χ1n) is 6.50. The van der Waals surface area contributed by atoms with Crippen LogP contribution in [0.15, 0.2) is 12.1 Å². The standard InChI is InChI=1S/C15H21N2/c1-3-5-7-13-9-12(11-16)10-14(15(13)17)8-6-4-2/h9-10,17H,3-8H2,1-2H3. The molecule has 91 valence electrons. The van der Waals surface area contributed by atoms with Gasteiger partial charge in [0.25, 0.3) is 0 Å². The number of nitrogens with zero attached hydrogens (tertiary/aromatic N) is 1. The average Bonchev–Trinajstić information content (AvgIpc) is 2.36. The Morgan fingerprint density at radius 1 is 1.06 bits per heavy atom. The summed E-state index contributed by atoms with van der Waals surface area (Å²) in [5, 5.41) is 9.02. The Kier molecular flexibility index (Phi) is 5.56. The predicted octanol–water partition coefficient (Wildman–Crippen LogP) is 4.16. The van der Waals surface area contributed by atoms with Gasteiger partial charge in [0.1, 0.15) is 0 Å². The van der Waals surface area contributed by atoms with Crippen LogP contribution in [-0.2, 0) is 12.8 Å². The Hall–Kier alpha value is -1.49. The van der Waals surface area contributed by atoms with Gasteiger partial charge in [-0.05, 0) is 48.9 Å².